The SMILES string of the molecule is CCCCS(=O)(=O)N1CCC[C@H]1C(=O)O. The van der Waals surface area contributed by atoms with Crippen LogP contribution in [0.5, 0.6) is 0 Å². The van der Waals surface area contributed by atoms with Crippen molar-refractivity contribution in [2.24, 2.45) is 0 Å². The number of rotatable bonds is 5. The molecule has 0 aromatic heterocycles. The number of nitrogens with zero attached hydrogens (tertiary/aromatic N) is 1. The minimum atomic E-state index is -3.36. The number of sulfonamides is 1. The summed E-state index contributed by atoms with van der Waals surface area (Å²) in [7, 11) is -3.36. The highest BCUT2D eigenvalue weighted by Gasteiger charge is 2.37. The van der Waals surface area contributed by atoms with E-state index in [0.29, 0.717) is 25.8 Å². The zero-order valence-electron chi connectivity index (χ0n) is 8.85. The van der Waals surface area contributed by atoms with E-state index in [1.54, 1.807) is 0 Å². The van der Waals surface area contributed by atoms with Crippen molar-refractivity contribution in [1.29, 1.82) is 0 Å². The van der Waals surface area contributed by atoms with Gasteiger partial charge < -0.3 is 5.11 Å². The Balaban J connectivity index is 2.73. The lowest BCUT2D eigenvalue weighted by Gasteiger charge is -2.20. The van der Waals surface area contributed by atoms with Gasteiger partial charge in [0.15, 0.2) is 0 Å². The predicted octanol–water partition coefficient (Wildman–Crippen LogP) is 0.665. The summed E-state index contributed by atoms with van der Waals surface area (Å²) in [4.78, 5) is 10.8. The van der Waals surface area contributed by atoms with E-state index in [4.69, 9.17) is 5.11 Å². The van der Waals surface area contributed by atoms with Gasteiger partial charge >= 0.3 is 5.97 Å². The maximum absolute atomic E-state index is 11.8. The smallest absolute Gasteiger partial charge is 0.322 e. The van der Waals surface area contributed by atoms with E-state index in [2.05, 4.69) is 0 Å². The van der Waals surface area contributed by atoms with Gasteiger partial charge in [-0.2, -0.15) is 4.31 Å². The summed E-state index contributed by atoms with van der Waals surface area (Å²) in [6.07, 6.45) is 2.46. The topological polar surface area (TPSA) is 74.7 Å². The summed E-state index contributed by atoms with van der Waals surface area (Å²) in [5, 5.41) is 8.87. The molecule has 0 unspecified atom stereocenters. The van der Waals surface area contributed by atoms with E-state index in [0.717, 1.165) is 10.7 Å². The maximum Gasteiger partial charge on any atom is 0.322 e. The molecule has 1 aliphatic rings. The fraction of sp³-hybridized carbons (Fsp3) is 0.889. The highest BCUT2D eigenvalue weighted by Crippen LogP contribution is 2.22. The van der Waals surface area contributed by atoms with Gasteiger partial charge in [0.25, 0.3) is 0 Å². The Bertz CT molecular complexity index is 325. The summed E-state index contributed by atoms with van der Waals surface area (Å²) < 4.78 is 24.7. The van der Waals surface area contributed by atoms with Crippen molar-refractivity contribution in [2.75, 3.05) is 12.3 Å². The molecule has 1 atom stereocenters. The van der Waals surface area contributed by atoms with Gasteiger partial charge in [-0.25, -0.2) is 8.42 Å². The van der Waals surface area contributed by atoms with Crippen LogP contribution in [0, 0.1) is 0 Å². The monoisotopic (exact) mass is 235 g/mol. The van der Waals surface area contributed by atoms with Crippen LogP contribution in [-0.4, -0.2) is 42.1 Å². The first-order valence-electron chi connectivity index (χ1n) is 5.21. The van der Waals surface area contributed by atoms with Crippen LogP contribution in [0.4, 0.5) is 0 Å². The number of aliphatic carboxylic acids is 1. The normalized spacial score (nSPS) is 23.1. The molecule has 15 heavy (non-hydrogen) atoms. The van der Waals surface area contributed by atoms with E-state index < -0.39 is 22.0 Å². The number of carbonyl (C=O) groups is 1. The van der Waals surface area contributed by atoms with Crippen LogP contribution in [-0.2, 0) is 14.8 Å². The molecular formula is C9H17NO4S. The van der Waals surface area contributed by atoms with Crippen LogP contribution in [0.15, 0.2) is 0 Å². The van der Waals surface area contributed by atoms with Gasteiger partial charge in [-0.3, -0.25) is 4.79 Å². The molecule has 0 spiro atoms. The first-order chi connectivity index (χ1) is 6.99. The van der Waals surface area contributed by atoms with Crippen LogP contribution >= 0.6 is 0 Å². The van der Waals surface area contributed by atoms with Crippen LogP contribution in [0.2, 0.25) is 0 Å². The van der Waals surface area contributed by atoms with Crippen LogP contribution < -0.4 is 0 Å². The zero-order valence-corrected chi connectivity index (χ0v) is 9.66. The quantitative estimate of drug-likeness (QED) is 0.759. The molecule has 0 aromatic rings. The molecule has 1 fully saturated rings. The zero-order chi connectivity index (χ0) is 11.5. The van der Waals surface area contributed by atoms with Gasteiger partial charge in [0, 0.05) is 6.54 Å². The Hall–Kier alpha value is -0.620. The van der Waals surface area contributed by atoms with Crippen molar-refractivity contribution in [3.8, 4) is 0 Å². The van der Waals surface area contributed by atoms with E-state index >= 15 is 0 Å². The van der Waals surface area contributed by atoms with Crippen molar-refractivity contribution < 1.29 is 18.3 Å². The molecule has 0 saturated carbocycles. The molecular weight excluding hydrogens is 218 g/mol. The lowest BCUT2D eigenvalue weighted by Crippen LogP contribution is -2.41. The minimum Gasteiger partial charge on any atom is -0.480 e. The minimum absolute atomic E-state index is 0.0628. The van der Waals surface area contributed by atoms with E-state index in [1.165, 1.54) is 0 Å². The second-order valence-electron chi connectivity index (χ2n) is 3.78. The number of carboxylic acids is 1. The molecule has 0 bridgehead atoms. The number of unbranched alkanes of at least 4 members (excludes halogenated alkanes) is 1. The van der Waals surface area contributed by atoms with Gasteiger partial charge in [-0.15, -0.1) is 0 Å². The average Bonchev–Trinajstić information content (AvgIpc) is 2.63. The van der Waals surface area contributed by atoms with Crippen molar-refractivity contribution in [3.05, 3.63) is 0 Å². The van der Waals surface area contributed by atoms with Gasteiger partial charge in [-0.05, 0) is 19.3 Å². The Morgan fingerprint density at radius 3 is 2.73 bits per heavy atom. The third-order valence-corrected chi connectivity index (χ3v) is 4.56. The number of carboxylic acid groups (broad SMARTS) is 1. The second-order valence-corrected chi connectivity index (χ2v) is 5.82. The highest BCUT2D eigenvalue weighted by molar-refractivity contribution is 7.89. The van der Waals surface area contributed by atoms with Crippen molar-refractivity contribution in [2.45, 2.75) is 38.6 Å². The van der Waals surface area contributed by atoms with Crippen LogP contribution in [0.1, 0.15) is 32.6 Å². The fourth-order valence-corrected chi connectivity index (χ4v) is 3.64. The Labute approximate surface area is 90.1 Å². The summed E-state index contributed by atoms with van der Waals surface area (Å²) in [6, 6.07) is -0.841. The molecule has 1 aliphatic heterocycles. The molecule has 0 amide bonds. The third-order valence-electron chi connectivity index (χ3n) is 2.60. The predicted molar refractivity (Wildman–Crippen MR) is 56.1 cm³/mol. The summed E-state index contributed by atoms with van der Waals surface area (Å²) in [6.45, 7) is 2.26. The summed E-state index contributed by atoms with van der Waals surface area (Å²) in [5.41, 5.74) is 0. The second kappa shape index (κ2) is 4.94. The summed E-state index contributed by atoms with van der Waals surface area (Å²) >= 11 is 0. The van der Waals surface area contributed by atoms with E-state index in [9.17, 15) is 13.2 Å². The number of hydrogen-bond acceptors (Lipinski definition) is 3. The molecule has 0 radical (unpaired) electrons. The van der Waals surface area contributed by atoms with Gasteiger partial charge in [0.05, 0.1) is 5.75 Å². The molecule has 1 N–H and O–H groups in total. The molecule has 6 heteroatoms. The van der Waals surface area contributed by atoms with Gasteiger partial charge in [-0.1, -0.05) is 13.3 Å². The largest absolute Gasteiger partial charge is 0.480 e. The Morgan fingerprint density at radius 1 is 1.53 bits per heavy atom. The first-order valence-corrected chi connectivity index (χ1v) is 6.82. The molecule has 1 saturated heterocycles. The summed E-state index contributed by atoms with van der Waals surface area (Å²) in [5.74, 6) is -0.972. The van der Waals surface area contributed by atoms with Crippen molar-refractivity contribution >= 4 is 16.0 Å². The maximum atomic E-state index is 11.8. The molecule has 0 aromatic carbocycles. The molecule has 0 aliphatic carbocycles. The highest BCUT2D eigenvalue weighted by atomic mass is 32.2. The van der Waals surface area contributed by atoms with Crippen molar-refractivity contribution in [1.82, 2.24) is 4.31 Å². The Kier molecular flexibility index (Phi) is 4.10. The lowest BCUT2D eigenvalue weighted by atomic mass is 10.2. The molecule has 1 heterocycles. The number of hydrogen-bond donors (Lipinski definition) is 1. The third kappa shape index (κ3) is 2.92. The van der Waals surface area contributed by atoms with Gasteiger partial charge in [0.2, 0.25) is 10.0 Å². The van der Waals surface area contributed by atoms with Gasteiger partial charge in [0.1, 0.15) is 6.04 Å². The fourth-order valence-electron chi connectivity index (χ4n) is 1.76. The molecule has 5 nitrogen and oxygen atoms in total. The lowest BCUT2D eigenvalue weighted by molar-refractivity contribution is -0.140. The van der Waals surface area contributed by atoms with Crippen LogP contribution in [0.25, 0.3) is 0 Å². The first kappa shape index (κ1) is 12.4. The standard InChI is InChI=1S/C9H17NO4S/c1-2-3-7-15(13,14)10-6-4-5-8(10)9(11)12/h8H,2-7H2,1H3,(H,11,12)/t8-/m0/s1. The van der Waals surface area contributed by atoms with E-state index in [-0.39, 0.29) is 5.75 Å². The van der Waals surface area contributed by atoms with Crippen LogP contribution in [0.3, 0.4) is 0 Å². The Morgan fingerprint density at radius 2 is 2.20 bits per heavy atom. The molecule has 1 rings (SSSR count). The average molecular weight is 235 g/mol. The van der Waals surface area contributed by atoms with Crippen molar-refractivity contribution in [3.63, 3.8) is 0 Å². The van der Waals surface area contributed by atoms with E-state index in [1.807, 2.05) is 6.92 Å². The molecule has 88 valence electrons.